The van der Waals surface area contributed by atoms with Crippen molar-refractivity contribution in [2.75, 3.05) is 160 Å². The van der Waals surface area contributed by atoms with Crippen molar-refractivity contribution in [1.82, 2.24) is 0 Å². The zero-order valence-corrected chi connectivity index (χ0v) is 50.4. The summed E-state index contributed by atoms with van der Waals surface area (Å²) in [5, 5.41) is 20.8. The first kappa shape index (κ1) is 65.0. The first-order valence-corrected chi connectivity index (χ1v) is 29.3. The fraction of sp³-hybridized carbons (Fsp3) is 0.441. The molecule has 2 atom stereocenters. The molecule has 0 bridgehead atoms. The van der Waals surface area contributed by atoms with Gasteiger partial charge in [0.05, 0.1) is 119 Å². The molecule has 0 aliphatic heterocycles. The molecule has 18 heteroatoms. The highest BCUT2D eigenvalue weighted by atomic mass is 16.6. The van der Waals surface area contributed by atoms with Crippen LogP contribution in [0, 0.1) is 13.8 Å². The van der Waals surface area contributed by atoms with Crippen LogP contribution in [0.4, 0.5) is 0 Å². The van der Waals surface area contributed by atoms with E-state index in [0.717, 1.165) is 66.8 Å². The number of aromatic carboxylic acids is 2. The van der Waals surface area contributed by atoms with E-state index in [2.05, 4.69) is 76.2 Å². The number of fused-ring (bicyclic) bond motifs is 6. The highest BCUT2D eigenvalue weighted by molar-refractivity contribution is 5.93. The van der Waals surface area contributed by atoms with Gasteiger partial charge in [0.15, 0.2) is 0 Å². The lowest BCUT2D eigenvalue weighted by Crippen LogP contribution is -2.23. The van der Waals surface area contributed by atoms with E-state index in [0.29, 0.717) is 130 Å². The first-order chi connectivity index (χ1) is 41.9. The van der Waals surface area contributed by atoms with Gasteiger partial charge in [0.1, 0.15) is 60.6 Å². The maximum absolute atomic E-state index is 12.7. The Morgan fingerprint density at radius 1 is 0.337 bits per heavy atom. The van der Waals surface area contributed by atoms with E-state index in [-0.39, 0.29) is 49.1 Å². The van der Waals surface area contributed by atoms with Crippen molar-refractivity contribution in [3.05, 3.63) is 165 Å². The van der Waals surface area contributed by atoms with Gasteiger partial charge in [-0.2, -0.15) is 0 Å². The molecule has 0 spiro atoms. The summed E-state index contributed by atoms with van der Waals surface area (Å²) in [7, 11) is 3.25. The fourth-order valence-electron chi connectivity index (χ4n) is 10.9. The van der Waals surface area contributed by atoms with Crippen molar-refractivity contribution < 1.29 is 86.1 Å². The summed E-state index contributed by atoms with van der Waals surface area (Å²) in [6.07, 6.45) is 0. The van der Waals surface area contributed by atoms with E-state index < -0.39 is 22.8 Å². The van der Waals surface area contributed by atoms with Crippen molar-refractivity contribution in [3.8, 4) is 45.3 Å². The van der Waals surface area contributed by atoms with Gasteiger partial charge in [-0.05, 0) is 132 Å². The van der Waals surface area contributed by atoms with Gasteiger partial charge >= 0.3 is 11.9 Å². The standard InChI is InChI=1S/C68H82O18/c1-47-7-13-53-55-15-11-51(45-61(55)67(3,59(53)41-47)49-9-17-63(57(43-49)65(69)70)85-39-35-81-29-27-77-25-23-75-21-19-73-5)83-37-33-79-31-32-80-34-38-84-52-12-16-56-54-14-8-48(2)42-60(54)68(4,62(56)46-52)50-10-18-64(58(44-50)66(71)72)86-40-36-82-30-28-78-26-24-76-22-20-74-6/h7-18,41-46H,19-40H2,1-6H3,(H,69,70)(H,71,72). The summed E-state index contributed by atoms with van der Waals surface area (Å²) in [6.45, 7) is 16.7. The maximum atomic E-state index is 12.7. The number of hydrogen-bond acceptors (Lipinski definition) is 16. The Morgan fingerprint density at radius 2 is 0.616 bits per heavy atom. The van der Waals surface area contributed by atoms with Gasteiger partial charge in [-0.15, -0.1) is 0 Å². The third-order valence-corrected chi connectivity index (χ3v) is 15.3. The molecule has 0 aromatic heterocycles. The van der Waals surface area contributed by atoms with E-state index >= 15 is 0 Å². The topological polar surface area (TPSA) is 204 Å². The largest absolute Gasteiger partial charge is 0.491 e. The summed E-state index contributed by atoms with van der Waals surface area (Å²) in [6, 6.07) is 35.7. The Bertz CT molecular complexity index is 2950. The zero-order valence-electron chi connectivity index (χ0n) is 50.4. The van der Waals surface area contributed by atoms with E-state index in [1.807, 2.05) is 36.4 Å². The number of benzene rings is 6. The van der Waals surface area contributed by atoms with E-state index in [4.69, 9.17) is 66.3 Å². The van der Waals surface area contributed by atoms with Crippen molar-refractivity contribution in [1.29, 1.82) is 0 Å². The Hall–Kier alpha value is -6.94. The maximum Gasteiger partial charge on any atom is 0.339 e. The van der Waals surface area contributed by atoms with Gasteiger partial charge in [0, 0.05) is 25.0 Å². The van der Waals surface area contributed by atoms with Crippen LogP contribution < -0.4 is 18.9 Å². The molecule has 6 aromatic carbocycles. The second kappa shape index (κ2) is 32.7. The second-order valence-corrected chi connectivity index (χ2v) is 21.1. The molecule has 0 saturated carbocycles. The molecule has 462 valence electrons. The van der Waals surface area contributed by atoms with Gasteiger partial charge in [0.25, 0.3) is 0 Å². The molecule has 86 heavy (non-hydrogen) atoms. The number of rotatable bonds is 41. The Labute approximate surface area is 504 Å². The quantitative estimate of drug-likeness (QED) is 0.0343. The lowest BCUT2D eigenvalue weighted by molar-refractivity contribution is 0.000113. The average Bonchev–Trinajstić information content (AvgIpc) is 1.59. The van der Waals surface area contributed by atoms with Crippen LogP contribution in [0.15, 0.2) is 109 Å². The SMILES string of the molecule is COCCOCCOCCOCCOc1ccc(C2(C)c3cc(C)ccc3-c3ccc(OCCOCCOCCOc4ccc5c(c4)C(C)(c4ccc(OCCOCCOCCOCCOC)c(C(=O)O)c4)c4cc(C)ccc4-5)cc32)cc1C(=O)O. The number of aryl methyl sites for hydroxylation is 2. The van der Waals surface area contributed by atoms with Gasteiger partial charge in [-0.1, -0.05) is 71.8 Å². The minimum absolute atomic E-state index is 0.0634. The van der Waals surface area contributed by atoms with Crippen LogP contribution in [0.1, 0.15) is 79.1 Å². The molecular formula is C68H82O18. The lowest BCUT2D eigenvalue weighted by Gasteiger charge is -2.29. The molecule has 2 unspecified atom stereocenters. The van der Waals surface area contributed by atoms with Gasteiger partial charge < -0.3 is 76.5 Å². The van der Waals surface area contributed by atoms with Crippen molar-refractivity contribution in [2.45, 2.75) is 38.5 Å². The number of methoxy groups -OCH3 is 2. The molecular weight excluding hydrogens is 1100 g/mol. The van der Waals surface area contributed by atoms with Crippen LogP contribution >= 0.6 is 0 Å². The number of hydrogen-bond donors (Lipinski definition) is 2. The number of ether oxygens (including phenoxy) is 14. The van der Waals surface area contributed by atoms with Crippen LogP contribution in [0.3, 0.4) is 0 Å². The summed E-state index contributed by atoms with van der Waals surface area (Å²) in [5.41, 5.74) is 11.0. The van der Waals surface area contributed by atoms with Crippen molar-refractivity contribution in [2.24, 2.45) is 0 Å². The van der Waals surface area contributed by atoms with E-state index in [9.17, 15) is 19.8 Å². The Morgan fingerprint density at radius 3 is 0.930 bits per heavy atom. The van der Waals surface area contributed by atoms with Crippen molar-refractivity contribution in [3.63, 3.8) is 0 Å². The normalized spacial score (nSPS) is 15.5. The van der Waals surface area contributed by atoms with Crippen molar-refractivity contribution >= 4 is 11.9 Å². The predicted molar refractivity (Wildman–Crippen MR) is 323 cm³/mol. The lowest BCUT2D eigenvalue weighted by atomic mass is 9.73. The molecule has 0 fully saturated rings. The smallest absolute Gasteiger partial charge is 0.339 e. The van der Waals surface area contributed by atoms with E-state index in [1.54, 1.807) is 38.5 Å². The molecule has 0 radical (unpaired) electrons. The Kier molecular flexibility index (Phi) is 24.7. The molecule has 2 N–H and O–H groups in total. The molecule has 2 aliphatic carbocycles. The predicted octanol–water partition coefficient (Wildman–Crippen LogP) is 10.0. The number of carboxylic acids is 2. The molecule has 8 rings (SSSR count). The monoisotopic (exact) mass is 1190 g/mol. The highest BCUT2D eigenvalue weighted by Gasteiger charge is 2.43. The van der Waals surface area contributed by atoms with E-state index in [1.165, 1.54) is 0 Å². The molecule has 0 amide bonds. The molecule has 0 saturated heterocycles. The van der Waals surface area contributed by atoms with Crippen LogP contribution in [-0.2, 0) is 58.2 Å². The Balaban J connectivity index is 0.795. The number of carboxylic acid groups (broad SMARTS) is 2. The fourth-order valence-corrected chi connectivity index (χ4v) is 10.9. The molecule has 0 heterocycles. The first-order valence-electron chi connectivity index (χ1n) is 29.3. The summed E-state index contributed by atoms with van der Waals surface area (Å²) < 4.78 is 79.3. The molecule has 2 aliphatic rings. The minimum atomic E-state index is -1.09. The summed E-state index contributed by atoms with van der Waals surface area (Å²) >= 11 is 0. The molecule has 18 nitrogen and oxygen atoms in total. The van der Waals surface area contributed by atoms with Crippen LogP contribution in [0.2, 0.25) is 0 Å². The molecule has 6 aromatic rings. The van der Waals surface area contributed by atoms with Gasteiger partial charge in [-0.25, -0.2) is 9.59 Å². The average molecular weight is 1190 g/mol. The second-order valence-electron chi connectivity index (χ2n) is 21.1. The van der Waals surface area contributed by atoms with Crippen LogP contribution in [0.25, 0.3) is 22.3 Å². The zero-order chi connectivity index (χ0) is 60.7. The van der Waals surface area contributed by atoms with Crippen LogP contribution in [-0.4, -0.2) is 182 Å². The summed E-state index contributed by atoms with van der Waals surface area (Å²) in [5.74, 6) is -0.317. The highest BCUT2D eigenvalue weighted by Crippen LogP contribution is 2.55. The third-order valence-electron chi connectivity index (χ3n) is 15.3. The minimum Gasteiger partial charge on any atom is -0.491 e. The summed E-state index contributed by atoms with van der Waals surface area (Å²) in [4.78, 5) is 25.5. The number of carbonyl (C=O) groups is 2. The van der Waals surface area contributed by atoms with Gasteiger partial charge in [0.2, 0.25) is 0 Å². The van der Waals surface area contributed by atoms with Crippen LogP contribution in [0.5, 0.6) is 23.0 Å². The van der Waals surface area contributed by atoms with Gasteiger partial charge in [-0.3, -0.25) is 0 Å². The third kappa shape index (κ3) is 16.6.